The Balaban J connectivity index is 4.31. The van der Waals surface area contributed by atoms with Crippen LogP contribution in [0.1, 0.15) is 34.6 Å². The van der Waals surface area contributed by atoms with Crippen molar-refractivity contribution in [2.75, 3.05) is 4.43 Å². The summed E-state index contributed by atoms with van der Waals surface area (Å²) in [4.78, 5) is 23.1. The maximum Gasteiger partial charge on any atom is 0.408 e. The van der Waals surface area contributed by atoms with E-state index < -0.39 is 23.7 Å². The number of rotatable bonds is 4. The van der Waals surface area contributed by atoms with Crippen LogP contribution in [0.25, 0.3) is 0 Å². The van der Waals surface area contributed by atoms with Crippen LogP contribution in [0.5, 0.6) is 0 Å². The van der Waals surface area contributed by atoms with E-state index in [4.69, 9.17) is 9.47 Å². The van der Waals surface area contributed by atoms with Crippen molar-refractivity contribution >= 4 is 34.7 Å². The molecule has 0 aromatic heterocycles. The highest BCUT2D eigenvalue weighted by atomic mass is 127. The predicted octanol–water partition coefficient (Wildman–Crippen LogP) is 2.27. The van der Waals surface area contributed by atoms with Gasteiger partial charge in [-0.25, -0.2) is 9.59 Å². The number of hydrogen-bond donors (Lipinski definition) is 1. The number of ether oxygens (including phenoxy) is 2. The highest BCUT2D eigenvalue weighted by molar-refractivity contribution is 14.1. The van der Waals surface area contributed by atoms with Crippen molar-refractivity contribution in [2.45, 2.75) is 52.4 Å². The summed E-state index contributed by atoms with van der Waals surface area (Å²) in [6.07, 6.45) is -0.812. The Bertz CT molecular complexity index is 273. The summed E-state index contributed by atoms with van der Waals surface area (Å²) < 4.78 is 10.5. The van der Waals surface area contributed by atoms with Crippen molar-refractivity contribution in [3.8, 4) is 0 Å². The van der Waals surface area contributed by atoms with Gasteiger partial charge >= 0.3 is 12.1 Å². The predicted molar refractivity (Wildman–Crippen MR) is 73.3 cm³/mol. The van der Waals surface area contributed by atoms with Gasteiger partial charge in [-0.1, -0.05) is 22.6 Å². The molecule has 0 saturated heterocycles. The van der Waals surface area contributed by atoms with Gasteiger partial charge in [0.1, 0.15) is 11.6 Å². The Hall–Kier alpha value is -0.530. The highest BCUT2D eigenvalue weighted by Gasteiger charge is 2.25. The molecule has 0 aliphatic carbocycles. The lowest BCUT2D eigenvalue weighted by Gasteiger charge is -2.22. The number of esters is 1. The van der Waals surface area contributed by atoms with Crippen LogP contribution in [0.3, 0.4) is 0 Å². The topological polar surface area (TPSA) is 64.6 Å². The van der Waals surface area contributed by atoms with Crippen LogP contribution < -0.4 is 5.32 Å². The highest BCUT2D eigenvalue weighted by Crippen LogP contribution is 2.07. The first-order valence-electron chi connectivity index (χ1n) is 5.41. The van der Waals surface area contributed by atoms with E-state index in [1.807, 2.05) is 22.6 Å². The van der Waals surface area contributed by atoms with E-state index in [0.29, 0.717) is 4.43 Å². The summed E-state index contributed by atoms with van der Waals surface area (Å²) in [6.45, 7) is 8.81. The fourth-order valence-corrected chi connectivity index (χ4v) is 1.50. The largest absolute Gasteiger partial charge is 0.461 e. The van der Waals surface area contributed by atoms with Crippen LogP contribution in [0.2, 0.25) is 0 Å². The molecule has 17 heavy (non-hydrogen) atoms. The number of alkyl halides is 1. The average Bonchev–Trinajstić information content (AvgIpc) is 2.09. The van der Waals surface area contributed by atoms with Gasteiger partial charge in [-0.3, -0.25) is 0 Å². The first-order chi connectivity index (χ1) is 7.65. The van der Waals surface area contributed by atoms with Crippen LogP contribution in [0.15, 0.2) is 0 Å². The standard InChI is InChI=1S/C11H20INO4/c1-7(2)16-9(14)8(6-12)13-10(15)17-11(3,4)5/h7-8H,6H2,1-5H3,(H,13,15)/t8-/m1/s1. The van der Waals surface area contributed by atoms with Gasteiger partial charge in [-0.15, -0.1) is 0 Å². The van der Waals surface area contributed by atoms with E-state index in [1.54, 1.807) is 34.6 Å². The molecule has 0 unspecified atom stereocenters. The molecular formula is C11H20INO4. The number of carbonyl (C=O) groups excluding carboxylic acids is 2. The minimum Gasteiger partial charge on any atom is -0.461 e. The van der Waals surface area contributed by atoms with Gasteiger partial charge in [-0.2, -0.15) is 0 Å². The molecule has 0 aromatic rings. The Labute approximate surface area is 116 Å². The summed E-state index contributed by atoms with van der Waals surface area (Å²) >= 11 is 2.01. The lowest BCUT2D eigenvalue weighted by molar-refractivity contribution is -0.149. The number of hydrogen-bond acceptors (Lipinski definition) is 4. The Morgan fingerprint density at radius 3 is 2.18 bits per heavy atom. The molecule has 0 aliphatic heterocycles. The summed E-state index contributed by atoms with van der Waals surface area (Å²) in [5.74, 6) is -0.444. The summed E-state index contributed by atoms with van der Waals surface area (Å²) in [5, 5.41) is 2.49. The Morgan fingerprint density at radius 2 is 1.82 bits per heavy atom. The molecular weight excluding hydrogens is 337 g/mol. The van der Waals surface area contributed by atoms with Gasteiger partial charge in [0, 0.05) is 4.43 Å². The first kappa shape index (κ1) is 16.5. The number of halogens is 1. The van der Waals surface area contributed by atoms with Gasteiger partial charge in [0.15, 0.2) is 0 Å². The van der Waals surface area contributed by atoms with Crippen LogP contribution in [0, 0.1) is 0 Å². The maximum atomic E-state index is 11.6. The molecule has 5 nitrogen and oxygen atoms in total. The molecule has 0 rings (SSSR count). The van der Waals surface area contributed by atoms with Gasteiger partial charge in [0.2, 0.25) is 0 Å². The van der Waals surface area contributed by atoms with Crippen LogP contribution >= 0.6 is 22.6 Å². The number of amides is 1. The average molecular weight is 357 g/mol. The molecule has 6 heteroatoms. The summed E-state index contributed by atoms with van der Waals surface area (Å²) in [6, 6.07) is -0.673. The van der Waals surface area contributed by atoms with Crippen molar-refractivity contribution in [3.05, 3.63) is 0 Å². The van der Waals surface area contributed by atoms with Crippen LogP contribution in [-0.4, -0.2) is 34.2 Å². The van der Waals surface area contributed by atoms with E-state index in [2.05, 4.69) is 5.32 Å². The third-order valence-electron chi connectivity index (χ3n) is 1.48. The van der Waals surface area contributed by atoms with Crippen molar-refractivity contribution in [2.24, 2.45) is 0 Å². The lowest BCUT2D eigenvalue weighted by atomic mass is 10.2. The molecule has 0 heterocycles. The molecule has 1 N–H and O–H groups in total. The molecule has 0 saturated carbocycles. The molecule has 0 radical (unpaired) electrons. The second kappa shape index (κ2) is 7.03. The zero-order valence-electron chi connectivity index (χ0n) is 10.9. The number of nitrogens with one attached hydrogen (secondary N) is 1. The second-order valence-corrected chi connectivity index (χ2v) is 5.72. The molecule has 0 spiro atoms. The van der Waals surface area contributed by atoms with Crippen molar-refractivity contribution < 1.29 is 19.1 Å². The molecule has 100 valence electrons. The fraction of sp³-hybridized carbons (Fsp3) is 0.818. The zero-order valence-corrected chi connectivity index (χ0v) is 13.0. The van der Waals surface area contributed by atoms with Crippen molar-refractivity contribution in [3.63, 3.8) is 0 Å². The molecule has 1 amide bonds. The summed E-state index contributed by atoms with van der Waals surface area (Å²) in [5.41, 5.74) is -0.581. The Morgan fingerprint density at radius 1 is 1.29 bits per heavy atom. The Kier molecular flexibility index (Phi) is 6.81. The van der Waals surface area contributed by atoms with Gasteiger partial charge < -0.3 is 14.8 Å². The molecule has 0 bridgehead atoms. The quantitative estimate of drug-likeness (QED) is 0.476. The monoisotopic (exact) mass is 357 g/mol. The summed E-state index contributed by atoms with van der Waals surface area (Å²) in [7, 11) is 0. The fourth-order valence-electron chi connectivity index (χ4n) is 0.925. The van der Waals surface area contributed by atoms with E-state index in [-0.39, 0.29) is 6.10 Å². The minimum atomic E-state index is -0.673. The third kappa shape index (κ3) is 8.23. The SMILES string of the molecule is CC(C)OC(=O)[C@@H](CI)NC(=O)OC(C)(C)C. The smallest absolute Gasteiger partial charge is 0.408 e. The first-order valence-corrected chi connectivity index (χ1v) is 6.94. The third-order valence-corrected chi connectivity index (χ3v) is 2.36. The maximum absolute atomic E-state index is 11.6. The normalized spacial score (nSPS) is 13.1. The second-order valence-electron chi connectivity index (χ2n) is 4.84. The van der Waals surface area contributed by atoms with E-state index in [1.165, 1.54) is 0 Å². The van der Waals surface area contributed by atoms with Gasteiger partial charge in [0.05, 0.1) is 6.10 Å². The molecule has 0 aromatic carbocycles. The van der Waals surface area contributed by atoms with Crippen LogP contribution in [-0.2, 0) is 14.3 Å². The van der Waals surface area contributed by atoms with Crippen LogP contribution in [0.4, 0.5) is 4.79 Å². The lowest BCUT2D eigenvalue weighted by Crippen LogP contribution is -2.45. The zero-order chi connectivity index (χ0) is 13.6. The van der Waals surface area contributed by atoms with Crippen molar-refractivity contribution in [1.82, 2.24) is 5.32 Å². The van der Waals surface area contributed by atoms with E-state index in [0.717, 1.165) is 0 Å². The molecule has 0 fully saturated rings. The number of carbonyl (C=O) groups is 2. The van der Waals surface area contributed by atoms with E-state index >= 15 is 0 Å². The molecule has 1 atom stereocenters. The van der Waals surface area contributed by atoms with E-state index in [9.17, 15) is 9.59 Å². The van der Waals surface area contributed by atoms with Gasteiger partial charge in [-0.05, 0) is 34.6 Å². The minimum absolute atomic E-state index is 0.201. The number of alkyl carbamates (subject to hydrolysis) is 1. The van der Waals surface area contributed by atoms with Crippen molar-refractivity contribution in [1.29, 1.82) is 0 Å². The molecule has 0 aliphatic rings. The van der Waals surface area contributed by atoms with Gasteiger partial charge in [0.25, 0.3) is 0 Å².